The van der Waals surface area contributed by atoms with Crippen LogP contribution in [0.3, 0.4) is 0 Å². The number of amides is 1. The molecular formula is C37H52N4O4. The lowest BCUT2D eigenvalue weighted by atomic mass is 9.79. The maximum absolute atomic E-state index is 14.2. The number of aromatic nitrogens is 2. The normalized spacial score (nSPS) is 27.7. The van der Waals surface area contributed by atoms with Crippen LogP contribution in [-0.2, 0) is 27.3 Å². The molecule has 4 aliphatic rings. The van der Waals surface area contributed by atoms with Crippen LogP contribution in [0.4, 0.5) is 5.69 Å². The van der Waals surface area contributed by atoms with Gasteiger partial charge in [-0.2, -0.15) is 5.10 Å². The van der Waals surface area contributed by atoms with Crippen molar-refractivity contribution in [2.75, 3.05) is 11.9 Å². The lowest BCUT2D eigenvalue weighted by Gasteiger charge is -2.27. The molecule has 6 rings (SSSR count). The van der Waals surface area contributed by atoms with Crippen molar-refractivity contribution < 1.29 is 19.2 Å². The van der Waals surface area contributed by atoms with E-state index < -0.39 is 6.04 Å². The van der Waals surface area contributed by atoms with Gasteiger partial charge in [0.25, 0.3) is 0 Å². The molecule has 2 saturated carbocycles. The number of hydrogen-bond donors (Lipinski definition) is 1. The van der Waals surface area contributed by atoms with Crippen molar-refractivity contribution in [3.63, 3.8) is 0 Å². The van der Waals surface area contributed by atoms with Crippen LogP contribution < -0.4 is 5.32 Å². The SMILES string of the molecule is CCC(=O)[C@@H]1C[C@]23CCC(=O)C(C)(C)CCCCCc4cc(NCC5CCCCC5)cc5c(C(C)=O)nn(c45)CC(=O)N1[C@@H]2C3. The van der Waals surface area contributed by atoms with Crippen molar-refractivity contribution in [3.8, 4) is 0 Å². The fourth-order valence-corrected chi connectivity index (χ4v) is 8.70. The van der Waals surface area contributed by atoms with Crippen molar-refractivity contribution in [1.29, 1.82) is 0 Å². The summed E-state index contributed by atoms with van der Waals surface area (Å²) < 4.78 is 1.75. The van der Waals surface area contributed by atoms with Crippen LogP contribution in [0.1, 0.15) is 134 Å². The first kappa shape index (κ1) is 31.9. The summed E-state index contributed by atoms with van der Waals surface area (Å²) in [6.45, 7) is 8.47. The molecule has 0 spiro atoms. The number of carbonyl (C=O) groups excluding carboxylic acids is 4. The summed E-state index contributed by atoms with van der Waals surface area (Å²) in [7, 11) is 0. The Labute approximate surface area is 268 Å². The molecule has 1 aromatic heterocycles. The second-order valence-corrected chi connectivity index (χ2v) is 15.3. The standard InChI is InChI=1S/C37H52N4O4/c1-5-30(43)29-20-37-17-15-32(44)36(3,4)16-11-7-10-14-26-18-27(38-22-25-12-8-6-9-13-25)19-28-34(24(2)42)39-40(35(26)28)23-33(45)41(29)31(37)21-37/h18-19,25,29,31,38H,5-17,20-23H2,1-4H3/t29-,31+,37-/m0/s1. The van der Waals surface area contributed by atoms with Crippen LogP contribution in [0.5, 0.6) is 0 Å². The first-order chi connectivity index (χ1) is 21.5. The average Bonchev–Trinajstić information content (AvgIpc) is 3.43. The van der Waals surface area contributed by atoms with Gasteiger partial charge in [-0.3, -0.25) is 23.9 Å². The monoisotopic (exact) mass is 616 g/mol. The van der Waals surface area contributed by atoms with Gasteiger partial charge in [0, 0.05) is 48.8 Å². The molecule has 1 N–H and O–H groups in total. The topological polar surface area (TPSA) is 101 Å². The molecule has 0 radical (unpaired) electrons. The lowest BCUT2D eigenvalue weighted by Crippen LogP contribution is -2.44. The molecule has 1 aromatic carbocycles. The number of carbonyl (C=O) groups is 4. The maximum atomic E-state index is 14.2. The van der Waals surface area contributed by atoms with Crippen molar-refractivity contribution in [1.82, 2.24) is 14.7 Å². The zero-order chi connectivity index (χ0) is 31.9. The molecule has 8 heteroatoms. The first-order valence-corrected chi connectivity index (χ1v) is 17.7. The van der Waals surface area contributed by atoms with E-state index in [0.717, 1.165) is 73.6 Å². The van der Waals surface area contributed by atoms with Gasteiger partial charge >= 0.3 is 0 Å². The van der Waals surface area contributed by atoms with Crippen LogP contribution in [-0.4, -0.2) is 56.6 Å². The number of hydrogen-bond acceptors (Lipinski definition) is 6. The average molecular weight is 617 g/mol. The van der Waals surface area contributed by atoms with E-state index in [2.05, 4.69) is 25.2 Å². The van der Waals surface area contributed by atoms with Gasteiger partial charge < -0.3 is 10.2 Å². The number of nitrogens with zero attached hydrogens (tertiary/aromatic N) is 3. The van der Waals surface area contributed by atoms with E-state index in [4.69, 9.17) is 5.10 Å². The van der Waals surface area contributed by atoms with Crippen molar-refractivity contribution in [2.45, 2.75) is 143 Å². The third-order valence-corrected chi connectivity index (χ3v) is 11.6. The zero-order valence-electron chi connectivity index (χ0n) is 27.9. The molecule has 3 fully saturated rings. The first-order valence-electron chi connectivity index (χ1n) is 17.7. The second kappa shape index (κ2) is 12.6. The summed E-state index contributed by atoms with van der Waals surface area (Å²) >= 11 is 0. The second-order valence-electron chi connectivity index (χ2n) is 15.3. The van der Waals surface area contributed by atoms with Crippen molar-refractivity contribution in [3.05, 3.63) is 23.4 Å². The molecule has 3 heterocycles. The van der Waals surface area contributed by atoms with E-state index in [0.29, 0.717) is 36.7 Å². The smallest absolute Gasteiger partial charge is 0.245 e. The van der Waals surface area contributed by atoms with E-state index in [-0.39, 0.29) is 40.9 Å². The zero-order valence-corrected chi connectivity index (χ0v) is 27.9. The van der Waals surface area contributed by atoms with E-state index in [1.165, 1.54) is 32.1 Å². The van der Waals surface area contributed by atoms with Gasteiger partial charge in [0.1, 0.15) is 18.0 Å². The Bertz CT molecular complexity index is 1480. The molecule has 2 aromatic rings. The highest BCUT2D eigenvalue weighted by atomic mass is 16.2. The fraction of sp³-hybridized carbons (Fsp3) is 0.703. The predicted octanol–water partition coefficient (Wildman–Crippen LogP) is 7.06. The van der Waals surface area contributed by atoms with Crippen LogP contribution >= 0.6 is 0 Å². The minimum Gasteiger partial charge on any atom is -0.385 e. The predicted molar refractivity (Wildman–Crippen MR) is 176 cm³/mol. The van der Waals surface area contributed by atoms with Crippen LogP contribution in [0.25, 0.3) is 10.9 Å². The van der Waals surface area contributed by atoms with Gasteiger partial charge in [-0.05, 0) is 80.4 Å². The molecule has 3 atom stereocenters. The quantitative estimate of drug-likeness (QED) is 0.349. The highest BCUT2D eigenvalue weighted by Crippen LogP contribution is 2.62. The van der Waals surface area contributed by atoms with Gasteiger partial charge in [-0.1, -0.05) is 52.9 Å². The van der Waals surface area contributed by atoms with Crippen molar-refractivity contribution in [2.24, 2.45) is 16.7 Å². The largest absolute Gasteiger partial charge is 0.385 e. The van der Waals surface area contributed by atoms with E-state index in [1.807, 2.05) is 17.9 Å². The van der Waals surface area contributed by atoms with E-state index in [1.54, 1.807) is 11.6 Å². The number of ketones is 3. The van der Waals surface area contributed by atoms with Gasteiger partial charge in [-0.25, -0.2) is 0 Å². The molecule has 244 valence electrons. The minimum atomic E-state index is -0.451. The third-order valence-electron chi connectivity index (χ3n) is 11.6. The van der Waals surface area contributed by atoms with Crippen LogP contribution in [0, 0.1) is 16.7 Å². The molecule has 2 aliphatic heterocycles. The highest BCUT2D eigenvalue weighted by molar-refractivity contribution is 6.06. The molecule has 1 saturated heterocycles. The summed E-state index contributed by atoms with van der Waals surface area (Å²) in [5, 5.41) is 9.27. The lowest BCUT2D eigenvalue weighted by molar-refractivity contribution is -0.139. The Morgan fingerprint density at radius 3 is 2.47 bits per heavy atom. The molecule has 2 aliphatic carbocycles. The van der Waals surface area contributed by atoms with Crippen molar-refractivity contribution >= 4 is 39.8 Å². The van der Waals surface area contributed by atoms with Gasteiger partial charge in [0.15, 0.2) is 11.6 Å². The number of aryl methyl sites for hydroxylation is 1. The number of nitrogens with one attached hydrogen (secondary N) is 1. The van der Waals surface area contributed by atoms with Gasteiger partial charge in [0.05, 0.1) is 11.6 Å². The van der Waals surface area contributed by atoms with Gasteiger partial charge in [-0.15, -0.1) is 0 Å². The molecule has 8 nitrogen and oxygen atoms in total. The molecular weight excluding hydrogens is 564 g/mol. The Kier molecular flexibility index (Phi) is 8.97. The number of rotatable bonds is 6. The third kappa shape index (κ3) is 6.35. The summed E-state index contributed by atoms with van der Waals surface area (Å²) in [5.74, 6) is 0.808. The Morgan fingerprint density at radius 2 is 1.73 bits per heavy atom. The highest BCUT2D eigenvalue weighted by Gasteiger charge is 2.66. The molecule has 0 unspecified atom stereocenters. The Balaban J connectivity index is 1.37. The molecule has 1 amide bonds. The number of anilines is 1. The van der Waals surface area contributed by atoms with Crippen LogP contribution in [0.15, 0.2) is 12.1 Å². The van der Waals surface area contributed by atoms with E-state index in [9.17, 15) is 19.2 Å². The maximum Gasteiger partial charge on any atom is 0.245 e. The fourth-order valence-electron chi connectivity index (χ4n) is 8.70. The Morgan fingerprint density at radius 1 is 0.978 bits per heavy atom. The summed E-state index contributed by atoms with van der Waals surface area (Å²) in [4.78, 5) is 55.5. The molecule has 2 bridgehead atoms. The van der Waals surface area contributed by atoms with Crippen LogP contribution in [0.2, 0.25) is 0 Å². The summed E-state index contributed by atoms with van der Waals surface area (Å²) in [6.07, 6.45) is 14.1. The number of piperidine rings is 1. The number of Topliss-reactive ketones (excluding diaryl/α,β-unsaturated/α-hetero) is 3. The minimum absolute atomic E-state index is 0.00232. The summed E-state index contributed by atoms with van der Waals surface area (Å²) in [6, 6.07) is 3.78. The van der Waals surface area contributed by atoms with E-state index >= 15 is 0 Å². The summed E-state index contributed by atoms with van der Waals surface area (Å²) in [5.41, 5.74) is 2.83. The van der Waals surface area contributed by atoms with Gasteiger partial charge in [0.2, 0.25) is 5.91 Å². The number of benzene rings is 1. The molecule has 45 heavy (non-hydrogen) atoms. The Hall–Kier alpha value is -3.03.